The Hall–Kier alpha value is -1.06. The van der Waals surface area contributed by atoms with Crippen LogP contribution in [0.5, 0.6) is 0 Å². The fourth-order valence-corrected chi connectivity index (χ4v) is 0.767. The zero-order valence-electron chi connectivity index (χ0n) is 10.1. The SMILES string of the molecule is CCC(C)(C)C(=O)OC(C)C(C)OC=O. The molecule has 0 saturated heterocycles. The third kappa shape index (κ3) is 4.32. The van der Waals surface area contributed by atoms with E-state index in [1.165, 1.54) is 0 Å². The summed E-state index contributed by atoms with van der Waals surface area (Å²) < 4.78 is 9.89. The van der Waals surface area contributed by atoms with Gasteiger partial charge in [-0.15, -0.1) is 0 Å². The third-order valence-electron chi connectivity index (χ3n) is 2.66. The molecule has 0 aliphatic rings. The minimum Gasteiger partial charge on any atom is -0.461 e. The predicted molar refractivity (Wildman–Crippen MR) is 56.2 cm³/mol. The summed E-state index contributed by atoms with van der Waals surface area (Å²) in [5, 5.41) is 0. The van der Waals surface area contributed by atoms with Crippen molar-refractivity contribution in [2.45, 2.75) is 53.2 Å². The Morgan fingerprint density at radius 2 is 1.87 bits per heavy atom. The van der Waals surface area contributed by atoms with E-state index in [2.05, 4.69) is 0 Å². The number of hydrogen-bond donors (Lipinski definition) is 0. The summed E-state index contributed by atoms with van der Waals surface area (Å²) in [6, 6.07) is 0. The molecule has 0 saturated carbocycles. The minimum absolute atomic E-state index is 0.265. The van der Waals surface area contributed by atoms with E-state index in [1.54, 1.807) is 13.8 Å². The van der Waals surface area contributed by atoms with Crippen molar-refractivity contribution in [1.29, 1.82) is 0 Å². The van der Waals surface area contributed by atoms with E-state index in [4.69, 9.17) is 9.47 Å². The van der Waals surface area contributed by atoms with Gasteiger partial charge in [-0.25, -0.2) is 0 Å². The summed E-state index contributed by atoms with van der Waals surface area (Å²) in [5.41, 5.74) is -0.491. The molecule has 2 unspecified atom stereocenters. The Kier molecular flexibility index (Phi) is 5.33. The smallest absolute Gasteiger partial charge is 0.311 e. The first-order valence-corrected chi connectivity index (χ1v) is 5.15. The highest BCUT2D eigenvalue weighted by atomic mass is 16.6. The third-order valence-corrected chi connectivity index (χ3v) is 2.66. The molecule has 0 aliphatic carbocycles. The molecule has 0 heterocycles. The van der Waals surface area contributed by atoms with Crippen molar-refractivity contribution in [2.75, 3.05) is 0 Å². The lowest BCUT2D eigenvalue weighted by Crippen LogP contribution is -2.34. The maximum Gasteiger partial charge on any atom is 0.311 e. The van der Waals surface area contributed by atoms with E-state index in [1.807, 2.05) is 20.8 Å². The predicted octanol–water partition coefficient (Wildman–Crippen LogP) is 1.92. The molecule has 0 radical (unpaired) electrons. The van der Waals surface area contributed by atoms with Gasteiger partial charge in [0.2, 0.25) is 0 Å². The minimum atomic E-state index is -0.491. The van der Waals surface area contributed by atoms with Crippen LogP contribution < -0.4 is 0 Å². The Labute approximate surface area is 90.9 Å². The summed E-state index contributed by atoms with van der Waals surface area (Å²) in [6.45, 7) is 9.33. The van der Waals surface area contributed by atoms with Gasteiger partial charge < -0.3 is 9.47 Å². The molecule has 0 aromatic carbocycles. The lowest BCUT2D eigenvalue weighted by atomic mass is 9.90. The number of carbonyl (C=O) groups is 2. The average molecular weight is 216 g/mol. The van der Waals surface area contributed by atoms with Crippen molar-refractivity contribution in [3.8, 4) is 0 Å². The van der Waals surface area contributed by atoms with Gasteiger partial charge in [0, 0.05) is 0 Å². The van der Waals surface area contributed by atoms with Crippen LogP contribution in [0.3, 0.4) is 0 Å². The van der Waals surface area contributed by atoms with Crippen molar-refractivity contribution in [3.63, 3.8) is 0 Å². The molecule has 0 aromatic heterocycles. The summed E-state index contributed by atoms with van der Waals surface area (Å²) in [5.74, 6) is -0.265. The maximum atomic E-state index is 11.6. The average Bonchev–Trinajstić information content (AvgIpc) is 2.17. The molecule has 0 bridgehead atoms. The van der Waals surface area contributed by atoms with Gasteiger partial charge in [0.15, 0.2) is 0 Å². The zero-order chi connectivity index (χ0) is 12.1. The van der Waals surface area contributed by atoms with E-state index in [9.17, 15) is 9.59 Å². The van der Waals surface area contributed by atoms with E-state index in [0.717, 1.165) is 0 Å². The largest absolute Gasteiger partial charge is 0.461 e. The highest BCUT2D eigenvalue weighted by Gasteiger charge is 2.30. The molecule has 15 heavy (non-hydrogen) atoms. The van der Waals surface area contributed by atoms with E-state index in [-0.39, 0.29) is 5.97 Å². The normalized spacial score (nSPS) is 15.3. The first-order valence-electron chi connectivity index (χ1n) is 5.15. The molecule has 4 heteroatoms. The highest BCUT2D eigenvalue weighted by molar-refractivity contribution is 5.76. The molecule has 0 fully saturated rings. The molecule has 0 spiro atoms. The molecular weight excluding hydrogens is 196 g/mol. The van der Waals surface area contributed by atoms with Gasteiger partial charge in [-0.1, -0.05) is 6.92 Å². The van der Waals surface area contributed by atoms with Crippen LogP contribution in [0.2, 0.25) is 0 Å². The summed E-state index contributed by atoms with van der Waals surface area (Å²) in [6.07, 6.45) is -0.130. The van der Waals surface area contributed by atoms with Crippen LogP contribution in [0.15, 0.2) is 0 Å². The van der Waals surface area contributed by atoms with Gasteiger partial charge in [-0.3, -0.25) is 9.59 Å². The van der Waals surface area contributed by atoms with Gasteiger partial charge >= 0.3 is 5.97 Å². The van der Waals surface area contributed by atoms with Crippen molar-refractivity contribution < 1.29 is 19.1 Å². The van der Waals surface area contributed by atoms with Crippen molar-refractivity contribution in [3.05, 3.63) is 0 Å². The molecule has 4 nitrogen and oxygen atoms in total. The number of hydrogen-bond acceptors (Lipinski definition) is 4. The van der Waals surface area contributed by atoms with Crippen LogP contribution in [0.25, 0.3) is 0 Å². The maximum absolute atomic E-state index is 11.6. The first-order chi connectivity index (χ1) is 6.85. The highest BCUT2D eigenvalue weighted by Crippen LogP contribution is 2.22. The van der Waals surface area contributed by atoms with Crippen LogP contribution in [0.1, 0.15) is 41.0 Å². The fourth-order valence-electron chi connectivity index (χ4n) is 0.767. The number of ether oxygens (including phenoxy) is 2. The number of carbonyl (C=O) groups excluding carboxylic acids is 2. The van der Waals surface area contributed by atoms with Gasteiger partial charge in [0.05, 0.1) is 5.41 Å². The zero-order valence-corrected chi connectivity index (χ0v) is 10.1. The van der Waals surface area contributed by atoms with Gasteiger partial charge in [0.25, 0.3) is 6.47 Å². The molecule has 0 N–H and O–H groups in total. The van der Waals surface area contributed by atoms with Crippen molar-refractivity contribution in [1.82, 2.24) is 0 Å². The number of esters is 1. The molecule has 0 amide bonds. The van der Waals surface area contributed by atoms with Crippen LogP contribution >= 0.6 is 0 Å². The summed E-state index contributed by atoms with van der Waals surface area (Å²) >= 11 is 0. The van der Waals surface area contributed by atoms with Gasteiger partial charge in [-0.05, 0) is 34.1 Å². The monoisotopic (exact) mass is 216 g/mol. The quantitative estimate of drug-likeness (QED) is 0.502. The van der Waals surface area contributed by atoms with Crippen molar-refractivity contribution >= 4 is 12.4 Å². The fraction of sp³-hybridized carbons (Fsp3) is 0.818. The van der Waals surface area contributed by atoms with E-state index in [0.29, 0.717) is 12.9 Å². The molecular formula is C11H20O4. The van der Waals surface area contributed by atoms with Crippen LogP contribution in [-0.2, 0) is 19.1 Å². The Morgan fingerprint density at radius 3 is 2.27 bits per heavy atom. The van der Waals surface area contributed by atoms with Crippen molar-refractivity contribution in [2.24, 2.45) is 5.41 Å². The Morgan fingerprint density at radius 1 is 1.33 bits per heavy atom. The summed E-state index contributed by atoms with van der Waals surface area (Å²) in [7, 11) is 0. The Balaban J connectivity index is 4.23. The lowest BCUT2D eigenvalue weighted by molar-refractivity contribution is -0.167. The van der Waals surface area contributed by atoms with Crippen LogP contribution in [0.4, 0.5) is 0 Å². The summed E-state index contributed by atoms with van der Waals surface area (Å²) in [4.78, 5) is 21.7. The molecule has 0 rings (SSSR count). The van der Waals surface area contributed by atoms with Gasteiger partial charge in [0.1, 0.15) is 12.2 Å². The van der Waals surface area contributed by atoms with E-state index >= 15 is 0 Å². The topological polar surface area (TPSA) is 52.6 Å². The second-order valence-corrected chi connectivity index (χ2v) is 4.29. The van der Waals surface area contributed by atoms with Gasteiger partial charge in [-0.2, -0.15) is 0 Å². The van der Waals surface area contributed by atoms with Crippen LogP contribution in [0, 0.1) is 5.41 Å². The second kappa shape index (κ2) is 5.73. The molecule has 88 valence electrons. The molecule has 2 atom stereocenters. The first kappa shape index (κ1) is 13.9. The van der Waals surface area contributed by atoms with Crippen LogP contribution in [-0.4, -0.2) is 24.6 Å². The Bertz CT molecular complexity index is 223. The second-order valence-electron chi connectivity index (χ2n) is 4.29. The number of rotatable bonds is 6. The molecule has 0 aromatic rings. The molecule has 0 aliphatic heterocycles. The standard InChI is InChI=1S/C11H20O4/c1-6-11(4,5)10(13)15-9(3)8(2)14-7-12/h7-9H,6H2,1-5H3. The lowest BCUT2D eigenvalue weighted by Gasteiger charge is -2.25. The van der Waals surface area contributed by atoms with E-state index < -0.39 is 17.6 Å².